The van der Waals surface area contributed by atoms with Gasteiger partial charge in [0.05, 0.1) is 13.7 Å². The number of hydrogen-bond donors (Lipinski definition) is 1. The summed E-state index contributed by atoms with van der Waals surface area (Å²) >= 11 is 0. The summed E-state index contributed by atoms with van der Waals surface area (Å²) in [6.07, 6.45) is -1.76. The Morgan fingerprint density at radius 3 is 2.84 bits per heavy atom. The minimum Gasteiger partial charge on any atom is -0.497 e. The molecule has 6 heteroatoms. The van der Waals surface area contributed by atoms with Gasteiger partial charge in [0.2, 0.25) is 0 Å². The van der Waals surface area contributed by atoms with E-state index in [1.165, 1.54) is 4.90 Å². The Morgan fingerprint density at radius 2 is 2.16 bits per heavy atom. The minimum atomic E-state index is -0.977. The Kier molecular flexibility index (Phi) is 3.04. The largest absolute Gasteiger partial charge is 0.497 e. The quantitative estimate of drug-likeness (QED) is 0.872. The molecule has 2 heterocycles. The molecule has 0 radical (unpaired) electrons. The predicted octanol–water partition coefficient (Wildman–Crippen LogP) is 0.733. The summed E-state index contributed by atoms with van der Waals surface area (Å²) < 4.78 is 15.3. The number of hydrogen-bond acceptors (Lipinski definition) is 5. The van der Waals surface area contributed by atoms with Crippen LogP contribution in [0.3, 0.4) is 0 Å². The van der Waals surface area contributed by atoms with Gasteiger partial charge in [0, 0.05) is 6.54 Å². The first-order chi connectivity index (χ1) is 9.19. The maximum absolute atomic E-state index is 11.8. The number of ether oxygens (including phenoxy) is 3. The smallest absolute Gasteiger partial charge is 0.411 e. The van der Waals surface area contributed by atoms with E-state index in [-0.39, 0.29) is 12.7 Å². The number of methoxy groups -OCH3 is 1. The van der Waals surface area contributed by atoms with Gasteiger partial charge in [-0.3, -0.25) is 4.90 Å². The van der Waals surface area contributed by atoms with Crippen molar-refractivity contribution in [2.75, 3.05) is 13.7 Å². The van der Waals surface area contributed by atoms with Crippen molar-refractivity contribution in [1.82, 2.24) is 4.90 Å². The zero-order valence-electron chi connectivity index (χ0n) is 10.5. The highest BCUT2D eigenvalue weighted by atomic mass is 16.7. The van der Waals surface area contributed by atoms with Gasteiger partial charge in [-0.1, -0.05) is 12.1 Å². The van der Waals surface area contributed by atoms with Gasteiger partial charge in [-0.05, 0) is 17.7 Å². The standard InChI is InChI=1S/C13H15NO5/c1-17-9-4-2-8(3-5-9)6-14-11-10(19-13(14)16)7-18-12(11)15/h2-5,10-12,15H,6-7H2,1H3/t10-,11-,12?/m1/s1. The van der Waals surface area contributed by atoms with Crippen LogP contribution in [-0.4, -0.2) is 48.3 Å². The van der Waals surface area contributed by atoms with Crippen molar-refractivity contribution in [1.29, 1.82) is 0 Å². The molecule has 1 aromatic carbocycles. The molecule has 0 aliphatic carbocycles. The second-order valence-electron chi connectivity index (χ2n) is 4.61. The summed E-state index contributed by atoms with van der Waals surface area (Å²) in [5.41, 5.74) is 0.942. The monoisotopic (exact) mass is 265 g/mol. The van der Waals surface area contributed by atoms with Crippen molar-refractivity contribution in [2.24, 2.45) is 0 Å². The molecule has 1 unspecified atom stereocenters. The van der Waals surface area contributed by atoms with Crippen molar-refractivity contribution in [3.05, 3.63) is 29.8 Å². The van der Waals surface area contributed by atoms with E-state index < -0.39 is 18.4 Å². The Bertz CT molecular complexity index is 474. The summed E-state index contributed by atoms with van der Waals surface area (Å²) in [4.78, 5) is 13.3. The highest BCUT2D eigenvalue weighted by Gasteiger charge is 2.50. The lowest BCUT2D eigenvalue weighted by atomic mass is 10.1. The zero-order chi connectivity index (χ0) is 13.4. The molecule has 2 fully saturated rings. The number of benzene rings is 1. The van der Waals surface area contributed by atoms with E-state index in [9.17, 15) is 9.90 Å². The van der Waals surface area contributed by atoms with Crippen LogP contribution in [0, 0.1) is 0 Å². The van der Waals surface area contributed by atoms with E-state index in [4.69, 9.17) is 14.2 Å². The number of aliphatic hydroxyl groups is 1. The Balaban J connectivity index is 1.75. The van der Waals surface area contributed by atoms with Crippen LogP contribution in [0.25, 0.3) is 0 Å². The van der Waals surface area contributed by atoms with Gasteiger partial charge in [0.25, 0.3) is 0 Å². The number of carbonyl (C=O) groups excluding carboxylic acids is 1. The number of aliphatic hydroxyl groups excluding tert-OH is 1. The van der Waals surface area contributed by atoms with Gasteiger partial charge in [0.15, 0.2) is 12.4 Å². The molecule has 0 bridgehead atoms. The molecule has 0 saturated carbocycles. The third kappa shape index (κ3) is 2.13. The number of rotatable bonds is 3. The van der Waals surface area contributed by atoms with Crippen LogP contribution in [0.4, 0.5) is 4.79 Å². The molecule has 0 spiro atoms. The molecule has 3 atom stereocenters. The third-order valence-electron chi connectivity index (χ3n) is 3.46. The molecule has 1 N–H and O–H groups in total. The van der Waals surface area contributed by atoms with E-state index in [2.05, 4.69) is 0 Å². The molecule has 1 amide bonds. The molecule has 2 saturated heterocycles. The molecular formula is C13H15NO5. The first-order valence-corrected chi connectivity index (χ1v) is 6.09. The van der Waals surface area contributed by atoms with Crippen molar-refractivity contribution < 1.29 is 24.1 Å². The van der Waals surface area contributed by atoms with E-state index in [0.29, 0.717) is 6.54 Å². The van der Waals surface area contributed by atoms with Crippen molar-refractivity contribution in [3.63, 3.8) is 0 Å². The Hall–Kier alpha value is -1.79. The molecular weight excluding hydrogens is 250 g/mol. The predicted molar refractivity (Wildman–Crippen MR) is 64.6 cm³/mol. The average molecular weight is 265 g/mol. The zero-order valence-corrected chi connectivity index (χ0v) is 10.5. The highest BCUT2D eigenvalue weighted by molar-refractivity contribution is 5.71. The lowest BCUT2D eigenvalue weighted by Gasteiger charge is -2.22. The molecule has 2 aliphatic heterocycles. The van der Waals surface area contributed by atoms with Crippen LogP contribution < -0.4 is 4.74 Å². The third-order valence-corrected chi connectivity index (χ3v) is 3.46. The van der Waals surface area contributed by atoms with E-state index >= 15 is 0 Å². The summed E-state index contributed by atoms with van der Waals surface area (Å²) in [7, 11) is 1.60. The van der Waals surface area contributed by atoms with Crippen molar-refractivity contribution in [2.45, 2.75) is 25.0 Å². The van der Waals surface area contributed by atoms with E-state index in [1.807, 2.05) is 24.3 Å². The maximum Gasteiger partial charge on any atom is 0.411 e. The van der Waals surface area contributed by atoms with Gasteiger partial charge in [-0.2, -0.15) is 0 Å². The highest BCUT2D eigenvalue weighted by Crippen LogP contribution is 2.30. The topological polar surface area (TPSA) is 68.2 Å². The van der Waals surface area contributed by atoms with E-state index in [0.717, 1.165) is 11.3 Å². The summed E-state index contributed by atoms with van der Waals surface area (Å²) in [6.45, 7) is 0.626. The van der Waals surface area contributed by atoms with Gasteiger partial charge >= 0.3 is 6.09 Å². The maximum atomic E-state index is 11.8. The number of nitrogens with zero attached hydrogens (tertiary/aromatic N) is 1. The van der Waals surface area contributed by atoms with Gasteiger partial charge in [-0.15, -0.1) is 0 Å². The molecule has 102 valence electrons. The van der Waals surface area contributed by atoms with Crippen LogP contribution in [-0.2, 0) is 16.0 Å². The molecule has 19 heavy (non-hydrogen) atoms. The van der Waals surface area contributed by atoms with Crippen LogP contribution in [0.5, 0.6) is 5.75 Å². The number of amides is 1. The SMILES string of the molecule is COc1ccc(CN2C(=O)O[C@@H]3COC(O)[C@@H]32)cc1. The second kappa shape index (κ2) is 4.71. The van der Waals surface area contributed by atoms with Gasteiger partial charge in [-0.25, -0.2) is 4.79 Å². The first kappa shape index (κ1) is 12.3. The molecule has 6 nitrogen and oxygen atoms in total. The van der Waals surface area contributed by atoms with Crippen LogP contribution in [0.1, 0.15) is 5.56 Å². The van der Waals surface area contributed by atoms with Gasteiger partial charge < -0.3 is 19.3 Å². The van der Waals surface area contributed by atoms with Crippen LogP contribution >= 0.6 is 0 Å². The molecule has 1 aromatic rings. The normalized spacial score (nSPS) is 29.3. The summed E-state index contributed by atoms with van der Waals surface area (Å²) in [5, 5.41) is 9.73. The van der Waals surface area contributed by atoms with Crippen molar-refractivity contribution in [3.8, 4) is 5.75 Å². The van der Waals surface area contributed by atoms with Gasteiger partial charge in [0.1, 0.15) is 11.8 Å². The van der Waals surface area contributed by atoms with E-state index in [1.54, 1.807) is 7.11 Å². The van der Waals surface area contributed by atoms with Crippen LogP contribution in [0.15, 0.2) is 24.3 Å². The molecule has 0 aromatic heterocycles. The summed E-state index contributed by atoms with van der Waals surface area (Å²) in [6, 6.07) is 6.99. The van der Waals surface area contributed by atoms with Crippen LogP contribution in [0.2, 0.25) is 0 Å². The minimum absolute atomic E-state index is 0.247. The molecule has 2 aliphatic rings. The molecule has 3 rings (SSSR count). The lowest BCUT2D eigenvalue weighted by Crippen LogP contribution is -2.41. The van der Waals surface area contributed by atoms with Crippen molar-refractivity contribution >= 4 is 6.09 Å². The second-order valence-corrected chi connectivity index (χ2v) is 4.61. The summed E-state index contributed by atoms with van der Waals surface area (Å²) in [5.74, 6) is 0.759. The number of carbonyl (C=O) groups is 1. The first-order valence-electron chi connectivity index (χ1n) is 6.09. The average Bonchev–Trinajstić information content (AvgIpc) is 2.92. The number of fused-ring (bicyclic) bond motifs is 1. The fraction of sp³-hybridized carbons (Fsp3) is 0.462. The Morgan fingerprint density at radius 1 is 1.42 bits per heavy atom. The fourth-order valence-electron chi connectivity index (χ4n) is 2.45. The lowest BCUT2D eigenvalue weighted by molar-refractivity contribution is -0.0884. The Labute approximate surface area is 110 Å². The fourth-order valence-corrected chi connectivity index (χ4v) is 2.45.